The van der Waals surface area contributed by atoms with Crippen LogP contribution in [0.2, 0.25) is 10.0 Å². The topological polar surface area (TPSA) is 38.1 Å². The van der Waals surface area contributed by atoms with Crippen LogP contribution in [0.25, 0.3) is 0 Å². The SMILES string of the molecule is CN(Cc1nccn1C(F)F)C(=O)Cc1ccc(Cl)c(Cl)c1. The van der Waals surface area contributed by atoms with Crippen LogP contribution in [-0.2, 0) is 17.8 Å². The monoisotopic (exact) mass is 347 g/mol. The van der Waals surface area contributed by atoms with E-state index in [2.05, 4.69) is 4.98 Å². The van der Waals surface area contributed by atoms with Crippen molar-refractivity contribution in [3.8, 4) is 0 Å². The van der Waals surface area contributed by atoms with Gasteiger partial charge in [0.05, 0.1) is 23.0 Å². The Morgan fingerprint density at radius 3 is 2.73 bits per heavy atom. The Balaban J connectivity index is 2.02. The first kappa shape index (κ1) is 16.7. The van der Waals surface area contributed by atoms with Gasteiger partial charge in [-0.05, 0) is 17.7 Å². The molecule has 118 valence electrons. The molecule has 0 aliphatic rings. The predicted molar refractivity (Wildman–Crippen MR) is 80.1 cm³/mol. The Morgan fingerprint density at radius 1 is 1.36 bits per heavy atom. The minimum absolute atomic E-state index is 0.00248. The van der Waals surface area contributed by atoms with Crippen LogP contribution in [0.4, 0.5) is 8.78 Å². The number of nitrogens with zero attached hydrogens (tertiary/aromatic N) is 3. The molecule has 0 unspecified atom stereocenters. The van der Waals surface area contributed by atoms with Crippen molar-refractivity contribution >= 4 is 29.1 Å². The maximum absolute atomic E-state index is 12.7. The van der Waals surface area contributed by atoms with Crippen molar-refractivity contribution in [1.82, 2.24) is 14.5 Å². The van der Waals surface area contributed by atoms with Crippen LogP contribution in [0.5, 0.6) is 0 Å². The Morgan fingerprint density at radius 2 is 2.09 bits per heavy atom. The molecule has 4 nitrogen and oxygen atoms in total. The summed E-state index contributed by atoms with van der Waals surface area (Å²) in [4.78, 5) is 17.3. The lowest BCUT2D eigenvalue weighted by Crippen LogP contribution is -2.29. The number of hydrogen-bond acceptors (Lipinski definition) is 2. The van der Waals surface area contributed by atoms with Gasteiger partial charge in [-0.25, -0.2) is 4.98 Å². The van der Waals surface area contributed by atoms with E-state index < -0.39 is 6.55 Å². The van der Waals surface area contributed by atoms with E-state index in [4.69, 9.17) is 23.2 Å². The number of amides is 1. The molecule has 0 bridgehead atoms. The third-order valence-electron chi connectivity index (χ3n) is 3.10. The van der Waals surface area contributed by atoms with E-state index in [-0.39, 0.29) is 24.7 Å². The average molecular weight is 348 g/mol. The minimum atomic E-state index is -2.68. The van der Waals surface area contributed by atoms with Crippen LogP contribution in [0, 0.1) is 0 Å². The molecule has 0 atom stereocenters. The summed E-state index contributed by atoms with van der Waals surface area (Å²) < 4.78 is 26.2. The van der Waals surface area contributed by atoms with Crippen molar-refractivity contribution in [3.63, 3.8) is 0 Å². The van der Waals surface area contributed by atoms with E-state index in [0.717, 1.165) is 4.57 Å². The zero-order chi connectivity index (χ0) is 16.3. The summed E-state index contributed by atoms with van der Waals surface area (Å²) in [6.45, 7) is -2.69. The van der Waals surface area contributed by atoms with Gasteiger partial charge in [0.1, 0.15) is 5.82 Å². The van der Waals surface area contributed by atoms with Crippen LogP contribution in [0.15, 0.2) is 30.6 Å². The fraction of sp³-hybridized carbons (Fsp3) is 0.286. The number of aromatic nitrogens is 2. The van der Waals surface area contributed by atoms with Crippen LogP contribution >= 0.6 is 23.2 Å². The number of benzene rings is 1. The zero-order valence-electron chi connectivity index (χ0n) is 11.6. The molecule has 1 aromatic carbocycles. The van der Waals surface area contributed by atoms with Gasteiger partial charge in [0.2, 0.25) is 5.91 Å². The van der Waals surface area contributed by atoms with Gasteiger partial charge in [0.25, 0.3) is 0 Å². The molecule has 1 heterocycles. The van der Waals surface area contributed by atoms with E-state index in [0.29, 0.717) is 15.6 Å². The second kappa shape index (κ2) is 7.07. The summed E-state index contributed by atoms with van der Waals surface area (Å²) >= 11 is 11.7. The highest BCUT2D eigenvalue weighted by Crippen LogP contribution is 2.23. The number of carbonyl (C=O) groups is 1. The van der Waals surface area contributed by atoms with Crippen molar-refractivity contribution < 1.29 is 13.6 Å². The third-order valence-corrected chi connectivity index (χ3v) is 3.84. The summed E-state index contributed by atoms with van der Waals surface area (Å²) in [5.41, 5.74) is 0.698. The molecule has 0 spiro atoms. The quantitative estimate of drug-likeness (QED) is 0.825. The minimum Gasteiger partial charge on any atom is -0.338 e. The van der Waals surface area contributed by atoms with E-state index in [1.807, 2.05) is 0 Å². The van der Waals surface area contributed by atoms with Crippen LogP contribution < -0.4 is 0 Å². The first-order valence-electron chi connectivity index (χ1n) is 6.36. The molecule has 2 rings (SSSR count). The van der Waals surface area contributed by atoms with Crippen molar-refractivity contribution in [2.24, 2.45) is 0 Å². The maximum atomic E-state index is 12.7. The van der Waals surface area contributed by atoms with Crippen LogP contribution in [0.3, 0.4) is 0 Å². The van der Waals surface area contributed by atoms with Gasteiger partial charge >= 0.3 is 6.55 Å². The Hall–Kier alpha value is -1.66. The fourth-order valence-corrected chi connectivity index (χ4v) is 2.22. The highest BCUT2D eigenvalue weighted by atomic mass is 35.5. The molecule has 0 N–H and O–H groups in total. The highest BCUT2D eigenvalue weighted by molar-refractivity contribution is 6.42. The Labute approximate surface area is 136 Å². The van der Waals surface area contributed by atoms with Gasteiger partial charge in [-0.3, -0.25) is 9.36 Å². The van der Waals surface area contributed by atoms with Gasteiger partial charge < -0.3 is 4.90 Å². The molecule has 0 fully saturated rings. The van der Waals surface area contributed by atoms with Gasteiger partial charge in [-0.1, -0.05) is 29.3 Å². The molecule has 1 amide bonds. The molecule has 0 saturated carbocycles. The normalized spacial score (nSPS) is 11.0. The van der Waals surface area contributed by atoms with Crippen molar-refractivity contribution in [1.29, 1.82) is 0 Å². The number of carbonyl (C=O) groups excluding carboxylic acids is 1. The van der Waals surface area contributed by atoms with E-state index in [9.17, 15) is 13.6 Å². The summed E-state index contributed by atoms with van der Waals surface area (Å²) in [7, 11) is 1.53. The summed E-state index contributed by atoms with van der Waals surface area (Å²) in [6.07, 6.45) is 2.55. The van der Waals surface area contributed by atoms with Crippen LogP contribution in [-0.4, -0.2) is 27.4 Å². The lowest BCUT2D eigenvalue weighted by Gasteiger charge is -2.17. The maximum Gasteiger partial charge on any atom is 0.319 e. The molecular weight excluding hydrogens is 335 g/mol. The second-order valence-electron chi connectivity index (χ2n) is 4.70. The highest BCUT2D eigenvalue weighted by Gasteiger charge is 2.16. The fourth-order valence-electron chi connectivity index (χ4n) is 1.90. The molecule has 0 radical (unpaired) electrons. The smallest absolute Gasteiger partial charge is 0.319 e. The second-order valence-corrected chi connectivity index (χ2v) is 5.52. The first-order valence-corrected chi connectivity index (χ1v) is 7.12. The summed E-state index contributed by atoms with van der Waals surface area (Å²) in [6, 6.07) is 4.91. The molecule has 0 aliphatic carbocycles. The number of imidazole rings is 1. The third kappa shape index (κ3) is 3.96. The molecule has 2 aromatic rings. The van der Waals surface area contributed by atoms with E-state index >= 15 is 0 Å². The average Bonchev–Trinajstić information content (AvgIpc) is 2.91. The molecule has 1 aromatic heterocycles. The van der Waals surface area contributed by atoms with E-state index in [1.165, 1.54) is 24.3 Å². The largest absolute Gasteiger partial charge is 0.338 e. The Bertz CT molecular complexity index is 676. The Kier molecular flexibility index (Phi) is 5.37. The molecule has 22 heavy (non-hydrogen) atoms. The van der Waals surface area contributed by atoms with E-state index in [1.54, 1.807) is 18.2 Å². The lowest BCUT2D eigenvalue weighted by molar-refractivity contribution is -0.129. The number of hydrogen-bond donors (Lipinski definition) is 0. The van der Waals surface area contributed by atoms with Crippen molar-refractivity contribution in [2.75, 3.05) is 7.05 Å². The van der Waals surface area contributed by atoms with Crippen molar-refractivity contribution in [2.45, 2.75) is 19.5 Å². The number of rotatable bonds is 5. The van der Waals surface area contributed by atoms with Gasteiger partial charge in [0, 0.05) is 19.4 Å². The molecule has 0 saturated heterocycles. The number of alkyl halides is 2. The lowest BCUT2D eigenvalue weighted by atomic mass is 10.1. The summed E-state index contributed by atoms with van der Waals surface area (Å²) in [5, 5.41) is 0.771. The summed E-state index contributed by atoms with van der Waals surface area (Å²) in [5.74, 6) is -0.109. The molecule has 8 heteroatoms. The first-order chi connectivity index (χ1) is 10.4. The number of likely N-dealkylation sites (N-methyl/N-ethyl adjacent to an activating group) is 1. The zero-order valence-corrected chi connectivity index (χ0v) is 13.2. The van der Waals surface area contributed by atoms with Gasteiger partial charge in [-0.2, -0.15) is 8.78 Å². The van der Waals surface area contributed by atoms with Crippen molar-refractivity contribution in [3.05, 3.63) is 52.0 Å². The number of halogens is 4. The molecule has 0 aliphatic heterocycles. The predicted octanol–water partition coefficient (Wildman–Crippen LogP) is 3.79. The molecular formula is C14H13Cl2F2N3O. The van der Waals surface area contributed by atoms with Gasteiger partial charge in [0.15, 0.2) is 0 Å². The van der Waals surface area contributed by atoms with Crippen LogP contribution in [0.1, 0.15) is 17.9 Å². The van der Waals surface area contributed by atoms with Gasteiger partial charge in [-0.15, -0.1) is 0 Å². The standard InChI is InChI=1S/C14H13Cl2F2N3O/c1-20(8-12-19-4-5-21(12)14(17)18)13(22)7-9-2-3-10(15)11(16)6-9/h2-6,14H,7-8H2,1H3.